The predicted molar refractivity (Wildman–Crippen MR) is 68.3 cm³/mol. The van der Waals surface area contributed by atoms with Gasteiger partial charge in [0.25, 0.3) is 0 Å². The first kappa shape index (κ1) is 16.2. The first-order valence-electron chi connectivity index (χ1n) is 5.80. The van der Waals surface area contributed by atoms with Crippen LogP contribution in [0.15, 0.2) is 11.6 Å². The van der Waals surface area contributed by atoms with E-state index < -0.39 is 12.0 Å². The summed E-state index contributed by atoms with van der Waals surface area (Å²) in [5.41, 5.74) is 8.68. The van der Waals surface area contributed by atoms with Crippen LogP contribution in [-0.2, 0) is 14.1 Å². The summed E-state index contributed by atoms with van der Waals surface area (Å²) >= 11 is 0. The third-order valence-electron chi connectivity index (χ3n) is 2.17. The molecule has 0 rings (SSSR count). The molecule has 0 aliphatic heterocycles. The van der Waals surface area contributed by atoms with Gasteiger partial charge in [0, 0.05) is 0 Å². The van der Waals surface area contributed by atoms with Crippen LogP contribution in [0.4, 0.5) is 0 Å². The van der Waals surface area contributed by atoms with E-state index in [9.17, 15) is 9.36 Å². The molecule has 0 saturated carbocycles. The van der Waals surface area contributed by atoms with Gasteiger partial charge in [0.05, 0.1) is 0 Å². The number of nitrogens with two attached hydrogens (primary N) is 1. The van der Waals surface area contributed by atoms with Crippen LogP contribution in [0, 0.1) is 5.63 Å². The van der Waals surface area contributed by atoms with E-state index in [1.807, 2.05) is 0 Å². The van der Waals surface area contributed by atoms with E-state index >= 15 is 0 Å². The molecule has 0 bridgehead atoms. The summed E-state index contributed by atoms with van der Waals surface area (Å²) in [5.74, 6) is -0.454. The van der Waals surface area contributed by atoms with Crippen LogP contribution in [0.5, 0.6) is 0 Å². The van der Waals surface area contributed by atoms with Gasteiger partial charge in [-0.3, -0.25) is 0 Å². The molecule has 96 valence electrons. The van der Waals surface area contributed by atoms with Crippen LogP contribution >= 0.6 is 7.92 Å². The minimum absolute atomic E-state index is 0.215. The molecule has 0 radical (unpaired) electrons. The second-order valence-corrected chi connectivity index (χ2v) is 4.21. The van der Waals surface area contributed by atoms with Crippen molar-refractivity contribution >= 4 is 13.9 Å². The fraction of sp³-hybridized carbons (Fsp3) is 0.667. The van der Waals surface area contributed by atoms with E-state index in [2.05, 4.69) is 12.6 Å². The number of unbranched alkanes of at least 4 members (excludes halogenated alkanes) is 3. The number of rotatable bonds is 7. The molecule has 4 nitrogen and oxygen atoms in total. The topological polar surface area (TPSA) is 69.4 Å². The van der Waals surface area contributed by atoms with Crippen molar-refractivity contribution in [2.75, 3.05) is 6.61 Å². The van der Waals surface area contributed by atoms with Gasteiger partial charge in [-0.15, -0.1) is 0 Å². The van der Waals surface area contributed by atoms with E-state index in [1.54, 1.807) is 6.92 Å². The summed E-state index contributed by atoms with van der Waals surface area (Å²) < 4.78 is 15.2. The number of carbonyl (C=O) groups excluding carboxylic acids is 1. The third kappa shape index (κ3) is 8.93. The van der Waals surface area contributed by atoms with E-state index in [-0.39, 0.29) is 7.92 Å². The molecule has 0 heterocycles. The van der Waals surface area contributed by atoms with E-state index in [4.69, 9.17) is 10.5 Å². The van der Waals surface area contributed by atoms with Gasteiger partial charge in [0.15, 0.2) is 0 Å². The van der Waals surface area contributed by atoms with E-state index in [0.29, 0.717) is 12.2 Å². The first-order chi connectivity index (χ1) is 8.11. The van der Waals surface area contributed by atoms with Gasteiger partial charge in [0.2, 0.25) is 0 Å². The molecule has 0 aromatic carbocycles. The van der Waals surface area contributed by atoms with Crippen molar-refractivity contribution in [1.82, 2.24) is 0 Å². The maximum absolute atomic E-state index is 11.4. The van der Waals surface area contributed by atoms with Gasteiger partial charge >= 0.3 is 103 Å². The normalized spacial score (nSPS) is 12.8. The average molecular weight is 257 g/mol. The summed E-state index contributed by atoms with van der Waals surface area (Å²) in [7, 11) is -0.215. The van der Waals surface area contributed by atoms with Crippen molar-refractivity contribution in [3.8, 4) is 5.63 Å². The quantitative estimate of drug-likeness (QED) is 0.432. The van der Waals surface area contributed by atoms with Crippen LogP contribution < -0.4 is 5.73 Å². The molecule has 0 aromatic rings. The zero-order valence-electron chi connectivity index (χ0n) is 10.4. The summed E-state index contributed by atoms with van der Waals surface area (Å²) in [6, 6.07) is -0.810. The molecular weight excluding hydrogens is 237 g/mol. The number of hydrogen-bond acceptors (Lipinski definition) is 4. The first-order valence-corrected chi connectivity index (χ1v) is 6.62. The van der Waals surface area contributed by atoms with Gasteiger partial charge in [-0.05, 0) is 0 Å². The van der Waals surface area contributed by atoms with Crippen molar-refractivity contribution in [3.63, 3.8) is 0 Å². The third-order valence-corrected chi connectivity index (χ3v) is 2.61. The van der Waals surface area contributed by atoms with Crippen molar-refractivity contribution in [3.05, 3.63) is 11.6 Å². The number of ether oxygens (including phenoxy) is 1. The van der Waals surface area contributed by atoms with Crippen molar-refractivity contribution in [2.24, 2.45) is 5.73 Å². The van der Waals surface area contributed by atoms with Crippen LogP contribution in [0.2, 0.25) is 0 Å². The van der Waals surface area contributed by atoms with E-state index in [1.165, 1.54) is 6.08 Å². The molecule has 0 saturated heterocycles. The molecule has 0 aliphatic carbocycles. The summed E-state index contributed by atoms with van der Waals surface area (Å²) in [6.07, 6.45) is 5.71. The summed E-state index contributed by atoms with van der Waals surface area (Å²) in [5, 5.41) is 0. The van der Waals surface area contributed by atoms with Crippen molar-refractivity contribution in [2.45, 2.75) is 45.6 Å². The molecule has 17 heavy (non-hydrogen) atoms. The summed E-state index contributed by atoms with van der Waals surface area (Å²) in [6.45, 7) is 4.21. The van der Waals surface area contributed by atoms with E-state index in [0.717, 1.165) is 25.7 Å². The molecule has 1 atom stereocenters. The predicted octanol–water partition coefficient (Wildman–Crippen LogP) is 2.63. The molecule has 0 aliphatic rings. The van der Waals surface area contributed by atoms with Crippen LogP contribution in [0.1, 0.15) is 39.5 Å². The molecule has 5 heteroatoms. The Morgan fingerprint density at radius 3 is 2.76 bits per heavy atom. The minimum atomic E-state index is -0.810. The zero-order valence-corrected chi connectivity index (χ0v) is 11.3. The van der Waals surface area contributed by atoms with Crippen LogP contribution in [0.25, 0.3) is 0 Å². The SMILES string of the molecule is CCCCCCOC(=O)C(N)/C=C(\C)C#P=O. The monoisotopic (exact) mass is 257 g/mol. The zero-order chi connectivity index (χ0) is 13.1. The van der Waals surface area contributed by atoms with Crippen molar-refractivity contribution in [1.29, 1.82) is 0 Å². The number of hydrogen-bond donors (Lipinski definition) is 1. The molecule has 0 aromatic heterocycles. The maximum atomic E-state index is 11.4. The Labute approximate surface area is 104 Å². The Kier molecular flexibility index (Phi) is 9.84. The van der Waals surface area contributed by atoms with Crippen LogP contribution in [0.3, 0.4) is 0 Å². The Hall–Kier alpha value is -0.820. The van der Waals surface area contributed by atoms with Gasteiger partial charge in [-0.25, -0.2) is 0 Å². The Morgan fingerprint density at radius 2 is 2.18 bits per heavy atom. The van der Waals surface area contributed by atoms with Gasteiger partial charge in [-0.2, -0.15) is 0 Å². The molecule has 0 spiro atoms. The Balaban J connectivity index is 3.92. The standard InChI is InChI=1S/C12H20NO3P/c1-3-4-5-6-7-16-12(14)11(13)8-10(2)9-17-15/h8,11H,3-7,13H2,1-2H3/b10-8+. The number of allylic oxidation sites excluding steroid dienone is 1. The van der Waals surface area contributed by atoms with Gasteiger partial charge < -0.3 is 0 Å². The molecule has 0 amide bonds. The summed E-state index contributed by atoms with van der Waals surface area (Å²) in [4.78, 5) is 11.4. The second kappa shape index (κ2) is 10.3. The molecule has 2 N–H and O–H groups in total. The molecule has 0 fully saturated rings. The Morgan fingerprint density at radius 1 is 1.47 bits per heavy atom. The fourth-order valence-corrected chi connectivity index (χ4v) is 1.46. The molecule has 1 unspecified atom stereocenters. The van der Waals surface area contributed by atoms with Gasteiger partial charge in [0.1, 0.15) is 0 Å². The van der Waals surface area contributed by atoms with Gasteiger partial charge in [-0.1, -0.05) is 0 Å². The fourth-order valence-electron chi connectivity index (χ4n) is 1.24. The molecular formula is C12H20NO3P. The number of carbonyl (C=O) groups is 1. The number of esters is 1. The van der Waals surface area contributed by atoms with Crippen molar-refractivity contribution < 1.29 is 14.1 Å². The second-order valence-electron chi connectivity index (χ2n) is 3.81. The van der Waals surface area contributed by atoms with Crippen LogP contribution in [-0.4, -0.2) is 18.6 Å². The average Bonchev–Trinajstić information content (AvgIpc) is 2.28. The Bertz CT molecular complexity index is 359.